The average Bonchev–Trinajstić information content (AvgIpc) is 2.47. The molecule has 1 aromatic heterocycles. The Morgan fingerprint density at radius 1 is 1.33 bits per heavy atom. The Kier molecular flexibility index (Phi) is 4.50. The van der Waals surface area contributed by atoms with E-state index in [2.05, 4.69) is 15.5 Å². The number of aromatic nitrogens is 3. The third-order valence-corrected chi connectivity index (χ3v) is 2.75. The highest BCUT2D eigenvalue weighted by Crippen LogP contribution is 2.23. The molecule has 110 valence electrons. The topological polar surface area (TPSA) is 117 Å². The fraction of sp³-hybridized carbons (Fsp3) is 0.231. The van der Waals surface area contributed by atoms with Crippen LogP contribution < -0.4 is 21.3 Å². The fourth-order valence-electron chi connectivity index (χ4n) is 1.73. The van der Waals surface area contributed by atoms with Crippen LogP contribution in [0.4, 0.5) is 5.69 Å². The maximum Gasteiger partial charge on any atom is 0.342 e. The number of nitrogens with zero attached hydrogens (tertiary/aromatic N) is 1. The van der Waals surface area contributed by atoms with Crippen molar-refractivity contribution >= 4 is 11.6 Å². The number of amides is 1. The van der Waals surface area contributed by atoms with Gasteiger partial charge in [0, 0.05) is 12.8 Å². The molecule has 8 nitrogen and oxygen atoms in total. The summed E-state index contributed by atoms with van der Waals surface area (Å²) in [7, 11) is 1.51. The van der Waals surface area contributed by atoms with Gasteiger partial charge in [-0.25, -0.2) is 9.89 Å². The molecule has 1 amide bonds. The normalized spacial score (nSPS) is 10.1. The molecular formula is C13H14N4O4. The Hall–Kier alpha value is -2.90. The van der Waals surface area contributed by atoms with E-state index in [0.29, 0.717) is 11.4 Å². The minimum atomic E-state index is -0.678. The molecule has 0 aliphatic rings. The van der Waals surface area contributed by atoms with Crippen molar-refractivity contribution < 1.29 is 9.53 Å². The van der Waals surface area contributed by atoms with Crippen LogP contribution in [0, 0.1) is 0 Å². The van der Waals surface area contributed by atoms with E-state index in [1.807, 2.05) is 4.98 Å². The van der Waals surface area contributed by atoms with Gasteiger partial charge in [-0.15, -0.1) is 0 Å². The number of benzene rings is 1. The van der Waals surface area contributed by atoms with Crippen molar-refractivity contribution in [2.24, 2.45) is 0 Å². The van der Waals surface area contributed by atoms with Crippen LogP contribution in [0.1, 0.15) is 12.1 Å². The molecule has 0 saturated carbocycles. The summed E-state index contributed by atoms with van der Waals surface area (Å²) in [6, 6.07) is 7.00. The summed E-state index contributed by atoms with van der Waals surface area (Å²) in [4.78, 5) is 36.2. The third kappa shape index (κ3) is 3.78. The van der Waals surface area contributed by atoms with Crippen molar-refractivity contribution in [1.82, 2.24) is 15.2 Å². The molecule has 8 heteroatoms. The zero-order valence-electron chi connectivity index (χ0n) is 11.3. The smallest absolute Gasteiger partial charge is 0.342 e. The molecule has 0 spiro atoms. The first kappa shape index (κ1) is 14.5. The van der Waals surface area contributed by atoms with Crippen LogP contribution in [0.3, 0.4) is 0 Å². The fourth-order valence-corrected chi connectivity index (χ4v) is 1.73. The maximum absolute atomic E-state index is 11.9. The molecule has 0 radical (unpaired) electrons. The minimum absolute atomic E-state index is 0.0557. The molecular weight excluding hydrogens is 276 g/mol. The number of H-pyrrole nitrogens is 2. The second-order valence-corrected chi connectivity index (χ2v) is 4.20. The Balaban J connectivity index is 1.99. The highest BCUT2D eigenvalue weighted by molar-refractivity contribution is 5.92. The lowest BCUT2D eigenvalue weighted by Gasteiger charge is -2.09. The number of aromatic amines is 2. The number of ether oxygens (including phenoxy) is 1. The standard InChI is InChI=1S/C13H14N4O4/c1-21-10-5-3-2-4-8(10)14-11(18)7-6-9-12(19)15-13(20)17-16-9/h2-5H,6-7H2,1H3,(H,14,18)(H2,15,17,19,20). The number of para-hydroxylation sites is 2. The number of hydrogen-bond acceptors (Lipinski definition) is 5. The first-order valence-corrected chi connectivity index (χ1v) is 6.21. The zero-order valence-corrected chi connectivity index (χ0v) is 11.3. The van der Waals surface area contributed by atoms with Crippen molar-refractivity contribution in [2.45, 2.75) is 12.8 Å². The summed E-state index contributed by atoms with van der Waals surface area (Å²) in [5.74, 6) is 0.262. The molecule has 2 aromatic rings. The van der Waals surface area contributed by atoms with E-state index in [1.54, 1.807) is 24.3 Å². The van der Waals surface area contributed by atoms with Gasteiger partial charge in [0.15, 0.2) is 0 Å². The van der Waals surface area contributed by atoms with E-state index in [0.717, 1.165) is 0 Å². The Labute approximate surface area is 119 Å². The summed E-state index contributed by atoms with van der Waals surface area (Å²) in [6.45, 7) is 0. The number of rotatable bonds is 5. The van der Waals surface area contributed by atoms with Gasteiger partial charge < -0.3 is 10.1 Å². The number of aryl methyl sites for hydroxylation is 1. The van der Waals surface area contributed by atoms with Crippen LogP contribution in [0.15, 0.2) is 33.9 Å². The zero-order chi connectivity index (χ0) is 15.2. The molecule has 0 aliphatic heterocycles. The van der Waals surface area contributed by atoms with Gasteiger partial charge >= 0.3 is 5.69 Å². The lowest BCUT2D eigenvalue weighted by molar-refractivity contribution is -0.116. The predicted molar refractivity (Wildman–Crippen MR) is 75.4 cm³/mol. The molecule has 0 aliphatic carbocycles. The second-order valence-electron chi connectivity index (χ2n) is 4.20. The Morgan fingerprint density at radius 3 is 2.81 bits per heavy atom. The number of nitrogens with one attached hydrogen (secondary N) is 3. The Morgan fingerprint density at radius 2 is 2.10 bits per heavy atom. The van der Waals surface area contributed by atoms with E-state index < -0.39 is 11.2 Å². The summed E-state index contributed by atoms with van der Waals surface area (Å²) in [5, 5.41) is 8.41. The van der Waals surface area contributed by atoms with E-state index in [-0.39, 0.29) is 24.4 Å². The molecule has 0 saturated heterocycles. The van der Waals surface area contributed by atoms with Gasteiger partial charge in [0.05, 0.1) is 12.8 Å². The SMILES string of the molecule is COc1ccccc1NC(=O)CCc1n[nH]c(=O)[nH]c1=O. The third-order valence-electron chi connectivity index (χ3n) is 2.75. The van der Waals surface area contributed by atoms with Gasteiger partial charge in [-0.3, -0.25) is 14.6 Å². The van der Waals surface area contributed by atoms with Gasteiger partial charge in [0.2, 0.25) is 5.91 Å². The molecule has 2 rings (SSSR count). The largest absolute Gasteiger partial charge is 0.495 e. The van der Waals surface area contributed by atoms with Crippen LogP contribution >= 0.6 is 0 Å². The van der Waals surface area contributed by atoms with E-state index in [9.17, 15) is 14.4 Å². The molecule has 21 heavy (non-hydrogen) atoms. The second kappa shape index (κ2) is 6.51. The van der Waals surface area contributed by atoms with Crippen LogP contribution in [-0.2, 0) is 11.2 Å². The van der Waals surface area contributed by atoms with E-state index in [4.69, 9.17) is 4.74 Å². The average molecular weight is 290 g/mol. The number of carbonyl (C=O) groups excluding carboxylic acids is 1. The highest BCUT2D eigenvalue weighted by Gasteiger charge is 2.09. The summed E-state index contributed by atoms with van der Waals surface area (Å²) in [6.07, 6.45) is 0.174. The Bertz CT molecular complexity index is 750. The van der Waals surface area contributed by atoms with Crippen LogP contribution in [0.2, 0.25) is 0 Å². The van der Waals surface area contributed by atoms with Crippen LogP contribution in [0.25, 0.3) is 0 Å². The maximum atomic E-state index is 11.9. The van der Waals surface area contributed by atoms with E-state index in [1.165, 1.54) is 7.11 Å². The number of hydrogen-bond donors (Lipinski definition) is 3. The number of carbonyl (C=O) groups is 1. The minimum Gasteiger partial charge on any atom is -0.495 e. The van der Waals surface area contributed by atoms with Crippen molar-refractivity contribution in [3.63, 3.8) is 0 Å². The lowest BCUT2D eigenvalue weighted by atomic mass is 10.2. The summed E-state index contributed by atoms with van der Waals surface area (Å²) < 4.78 is 5.12. The van der Waals surface area contributed by atoms with Gasteiger partial charge in [-0.1, -0.05) is 12.1 Å². The van der Waals surface area contributed by atoms with Crippen molar-refractivity contribution in [1.29, 1.82) is 0 Å². The first-order valence-electron chi connectivity index (χ1n) is 6.21. The van der Waals surface area contributed by atoms with Gasteiger partial charge in [0.1, 0.15) is 11.4 Å². The highest BCUT2D eigenvalue weighted by atomic mass is 16.5. The molecule has 0 unspecified atom stereocenters. The number of methoxy groups -OCH3 is 1. The molecule has 1 heterocycles. The lowest BCUT2D eigenvalue weighted by Crippen LogP contribution is -2.28. The first-order chi connectivity index (χ1) is 10.1. The van der Waals surface area contributed by atoms with Gasteiger partial charge in [-0.2, -0.15) is 5.10 Å². The van der Waals surface area contributed by atoms with Crippen LogP contribution in [0.5, 0.6) is 5.75 Å². The quantitative estimate of drug-likeness (QED) is 0.718. The van der Waals surface area contributed by atoms with Crippen molar-refractivity contribution in [2.75, 3.05) is 12.4 Å². The molecule has 1 aromatic carbocycles. The number of anilines is 1. The summed E-state index contributed by atoms with van der Waals surface area (Å²) >= 11 is 0. The van der Waals surface area contributed by atoms with Gasteiger partial charge in [-0.05, 0) is 12.1 Å². The van der Waals surface area contributed by atoms with Crippen molar-refractivity contribution in [3.8, 4) is 5.75 Å². The van der Waals surface area contributed by atoms with E-state index >= 15 is 0 Å². The summed E-state index contributed by atoms with van der Waals surface area (Å²) in [5.41, 5.74) is -0.621. The monoisotopic (exact) mass is 290 g/mol. The molecule has 3 N–H and O–H groups in total. The molecule has 0 fully saturated rings. The molecule has 0 atom stereocenters. The van der Waals surface area contributed by atoms with Crippen LogP contribution in [-0.4, -0.2) is 28.2 Å². The molecule has 0 bridgehead atoms. The predicted octanol–water partition coefficient (Wildman–Crippen LogP) is 0.0381. The van der Waals surface area contributed by atoms with Crippen molar-refractivity contribution in [3.05, 3.63) is 50.8 Å². The van der Waals surface area contributed by atoms with Gasteiger partial charge in [0.25, 0.3) is 5.56 Å².